The third kappa shape index (κ3) is 3.73. The number of hydrogen-bond donors (Lipinski definition) is 1. The minimum atomic E-state index is -0.252. The van der Waals surface area contributed by atoms with Gasteiger partial charge < -0.3 is 9.84 Å². The van der Waals surface area contributed by atoms with Gasteiger partial charge in [-0.1, -0.05) is 50.5 Å². The monoisotopic (exact) mass is 272 g/mol. The average molecular weight is 272 g/mol. The quantitative estimate of drug-likeness (QED) is 0.760. The number of rotatable bonds is 7. The predicted molar refractivity (Wildman–Crippen MR) is 84.4 cm³/mol. The molecule has 0 aliphatic carbocycles. The van der Waals surface area contributed by atoms with E-state index in [1.54, 1.807) is 7.11 Å². The molecule has 0 heterocycles. The van der Waals surface area contributed by atoms with Crippen LogP contribution in [0.3, 0.4) is 0 Å². The maximum atomic E-state index is 10.2. The Bertz CT molecular complexity index is 548. The zero-order valence-corrected chi connectivity index (χ0v) is 12.4. The summed E-state index contributed by atoms with van der Waals surface area (Å²) in [7, 11) is 1.68. The number of aliphatic hydroxyl groups excluding tert-OH is 1. The van der Waals surface area contributed by atoms with E-state index in [1.807, 2.05) is 6.07 Å². The molecule has 20 heavy (non-hydrogen) atoms. The van der Waals surface area contributed by atoms with Crippen molar-refractivity contribution in [3.63, 3.8) is 0 Å². The normalized spacial score (nSPS) is 12.6. The van der Waals surface area contributed by atoms with Crippen molar-refractivity contribution >= 4 is 10.8 Å². The molecule has 0 aromatic heterocycles. The molecule has 2 nitrogen and oxygen atoms in total. The summed E-state index contributed by atoms with van der Waals surface area (Å²) >= 11 is 0. The lowest BCUT2D eigenvalue weighted by atomic mass is 9.97. The first-order valence-electron chi connectivity index (χ1n) is 7.48. The number of ether oxygens (including phenoxy) is 1. The van der Waals surface area contributed by atoms with Crippen LogP contribution < -0.4 is 4.74 Å². The summed E-state index contributed by atoms with van der Waals surface area (Å²) in [6.45, 7) is 2.18. The van der Waals surface area contributed by atoms with Crippen molar-refractivity contribution in [2.45, 2.75) is 45.1 Å². The van der Waals surface area contributed by atoms with Gasteiger partial charge in [-0.3, -0.25) is 0 Å². The van der Waals surface area contributed by atoms with Crippen molar-refractivity contribution in [1.82, 2.24) is 0 Å². The van der Waals surface area contributed by atoms with E-state index in [0.29, 0.717) is 6.42 Å². The van der Waals surface area contributed by atoms with Crippen molar-refractivity contribution in [2.24, 2.45) is 0 Å². The van der Waals surface area contributed by atoms with E-state index in [2.05, 4.69) is 37.3 Å². The smallest absolute Gasteiger partial charge is 0.119 e. The Morgan fingerprint density at radius 2 is 2.00 bits per heavy atom. The van der Waals surface area contributed by atoms with E-state index in [4.69, 9.17) is 4.74 Å². The number of benzene rings is 2. The summed E-state index contributed by atoms with van der Waals surface area (Å²) < 4.78 is 5.30. The van der Waals surface area contributed by atoms with Gasteiger partial charge in [0.15, 0.2) is 0 Å². The van der Waals surface area contributed by atoms with Crippen LogP contribution in [0.1, 0.15) is 38.2 Å². The molecule has 0 radical (unpaired) electrons. The molecule has 0 saturated heterocycles. The van der Waals surface area contributed by atoms with Crippen LogP contribution in [0.5, 0.6) is 5.75 Å². The molecule has 2 aromatic rings. The van der Waals surface area contributed by atoms with Gasteiger partial charge in [0.25, 0.3) is 0 Å². The predicted octanol–water partition coefficient (Wildman–Crippen LogP) is 4.33. The van der Waals surface area contributed by atoms with E-state index in [9.17, 15) is 5.11 Å². The molecule has 0 spiro atoms. The largest absolute Gasteiger partial charge is 0.497 e. The molecule has 0 amide bonds. The SMILES string of the molecule is CCCCCC(O)Cc1cccc2ccc(OC)cc12. The maximum Gasteiger partial charge on any atom is 0.119 e. The topological polar surface area (TPSA) is 29.5 Å². The van der Waals surface area contributed by atoms with Crippen LogP contribution in [0.4, 0.5) is 0 Å². The molecular formula is C18H24O2. The molecule has 2 rings (SSSR count). The standard InChI is InChI=1S/C18H24O2/c1-3-4-5-9-16(19)12-15-8-6-7-14-10-11-17(20-2)13-18(14)15/h6-8,10-11,13,16,19H,3-5,9,12H2,1-2H3. The fourth-order valence-corrected chi connectivity index (χ4v) is 2.61. The van der Waals surface area contributed by atoms with Crippen LogP contribution in [-0.4, -0.2) is 18.3 Å². The zero-order chi connectivity index (χ0) is 14.4. The third-order valence-corrected chi connectivity index (χ3v) is 3.78. The summed E-state index contributed by atoms with van der Waals surface area (Å²) in [6, 6.07) is 12.4. The fraction of sp³-hybridized carbons (Fsp3) is 0.444. The van der Waals surface area contributed by atoms with Gasteiger partial charge in [0.05, 0.1) is 13.2 Å². The number of unbranched alkanes of at least 4 members (excludes halogenated alkanes) is 2. The van der Waals surface area contributed by atoms with E-state index in [-0.39, 0.29) is 6.10 Å². The summed E-state index contributed by atoms with van der Waals surface area (Å²) in [6.07, 6.45) is 4.84. The molecule has 0 aliphatic rings. The van der Waals surface area contributed by atoms with Crippen LogP contribution >= 0.6 is 0 Å². The Morgan fingerprint density at radius 1 is 1.15 bits per heavy atom. The molecule has 1 N–H and O–H groups in total. The molecule has 0 saturated carbocycles. The van der Waals surface area contributed by atoms with Gasteiger partial charge in [-0.2, -0.15) is 0 Å². The molecule has 2 heteroatoms. The second-order valence-electron chi connectivity index (χ2n) is 5.36. The highest BCUT2D eigenvalue weighted by atomic mass is 16.5. The first kappa shape index (κ1) is 14.9. The Morgan fingerprint density at radius 3 is 2.75 bits per heavy atom. The van der Waals surface area contributed by atoms with Crippen LogP contribution in [-0.2, 0) is 6.42 Å². The first-order chi connectivity index (χ1) is 9.74. The van der Waals surface area contributed by atoms with Gasteiger partial charge in [-0.15, -0.1) is 0 Å². The fourth-order valence-electron chi connectivity index (χ4n) is 2.61. The Labute approximate surface area is 121 Å². The highest BCUT2D eigenvalue weighted by molar-refractivity contribution is 5.87. The molecule has 108 valence electrons. The van der Waals surface area contributed by atoms with E-state index in [0.717, 1.165) is 18.6 Å². The minimum Gasteiger partial charge on any atom is -0.497 e. The molecular weight excluding hydrogens is 248 g/mol. The van der Waals surface area contributed by atoms with Crippen LogP contribution in [0.2, 0.25) is 0 Å². The summed E-state index contributed by atoms with van der Waals surface area (Å²) in [5.41, 5.74) is 1.20. The van der Waals surface area contributed by atoms with Gasteiger partial charge in [0, 0.05) is 0 Å². The number of fused-ring (bicyclic) bond motifs is 1. The van der Waals surface area contributed by atoms with Crippen molar-refractivity contribution < 1.29 is 9.84 Å². The van der Waals surface area contributed by atoms with Crippen LogP contribution in [0, 0.1) is 0 Å². The Balaban J connectivity index is 2.16. The second kappa shape index (κ2) is 7.30. The molecule has 1 unspecified atom stereocenters. The van der Waals surface area contributed by atoms with Gasteiger partial charge in [-0.25, -0.2) is 0 Å². The first-order valence-corrected chi connectivity index (χ1v) is 7.48. The van der Waals surface area contributed by atoms with Crippen molar-refractivity contribution in [2.75, 3.05) is 7.11 Å². The summed E-state index contributed by atoms with van der Waals surface area (Å²) in [4.78, 5) is 0. The van der Waals surface area contributed by atoms with Gasteiger partial charge in [-0.05, 0) is 41.3 Å². The summed E-state index contributed by atoms with van der Waals surface area (Å²) in [5, 5.41) is 12.6. The molecule has 0 aliphatic heterocycles. The number of aliphatic hydroxyl groups is 1. The minimum absolute atomic E-state index is 0.252. The molecule has 0 bridgehead atoms. The lowest BCUT2D eigenvalue weighted by Crippen LogP contribution is -2.10. The maximum absolute atomic E-state index is 10.2. The van der Waals surface area contributed by atoms with Gasteiger partial charge in [0.1, 0.15) is 5.75 Å². The van der Waals surface area contributed by atoms with E-state index < -0.39 is 0 Å². The van der Waals surface area contributed by atoms with Gasteiger partial charge >= 0.3 is 0 Å². The van der Waals surface area contributed by atoms with E-state index >= 15 is 0 Å². The van der Waals surface area contributed by atoms with Crippen LogP contribution in [0.15, 0.2) is 36.4 Å². The Kier molecular flexibility index (Phi) is 5.42. The highest BCUT2D eigenvalue weighted by Gasteiger charge is 2.09. The lowest BCUT2D eigenvalue weighted by Gasteiger charge is -2.13. The molecule has 1 atom stereocenters. The average Bonchev–Trinajstić information content (AvgIpc) is 2.47. The number of hydrogen-bond acceptors (Lipinski definition) is 2. The molecule has 0 fully saturated rings. The van der Waals surface area contributed by atoms with Crippen LogP contribution in [0.25, 0.3) is 10.8 Å². The number of methoxy groups -OCH3 is 1. The third-order valence-electron chi connectivity index (χ3n) is 3.78. The zero-order valence-electron chi connectivity index (χ0n) is 12.4. The highest BCUT2D eigenvalue weighted by Crippen LogP contribution is 2.25. The Hall–Kier alpha value is -1.54. The molecule has 2 aromatic carbocycles. The van der Waals surface area contributed by atoms with Gasteiger partial charge in [0.2, 0.25) is 0 Å². The lowest BCUT2D eigenvalue weighted by molar-refractivity contribution is 0.161. The van der Waals surface area contributed by atoms with Crippen molar-refractivity contribution in [1.29, 1.82) is 0 Å². The summed E-state index contributed by atoms with van der Waals surface area (Å²) in [5.74, 6) is 0.866. The second-order valence-corrected chi connectivity index (χ2v) is 5.36. The van der Waals surface area contributed by atoms with Crippen molar-refractivity contribution in [3.8, 4) is 5.75 Å². The van der Waals surface area contributed by atoms with Crippen molar-refractivity contribution in [3.05, 3.63) is 42.0 Å². The van der Waals surface area contributed by atoms with E-state index in [1.165, 1.54) is 29.2 Å².